The van der Waals surface area contributed by atoms with E-state index < -0.39 is 23.8 Å². The summed E-state index contributed by atoms with van der Waals surface area (Å²) < 4.78 is 3.24. The largest absolute Gasteiger partial charge is 0.478 e. The van der Waals surface area contributed by atoms with Crippen LogP contribution in [0, 0.1) is 0 Å². The summed E-state index contributed by atoms with van der Waals surface area (Å²) in [5, 5.41) is 40.6. The van der Waals surface area contributed by atoms with E-state index in [0.717, 1.165) is 11.1 Å². The molecule has 49 heavy (non-hydrogen) atoms. The molecule has 0 fully saturated rings. The molecule has 0 spiro atoms. The Morgan fingerprint density at radius 1 is 0.592 bits per heavy atom. The minimum absolute atomic E-state index is 0.00292. The summed E-state index contributed by atoms with van der Waals surface area (Å²) in [4.78, 5) is 57.5. The van der Waals surface area contributed by atoms with Crippen molar-refractivity contribution in [2.75, 3.05) is 10.6 Å². The smallest absolute Gasteiger partial charge is 0.337 e. The summed E-state index contributed by atoms with van der Waals surface area (Å²) in [6.07, 6.45) is 11.2. The highest BCUT2D eigenvalue weighted by Gasteiger charge is 2.18. The number of anilines is 2. The van der Waals surface area contributed by atoms with Crippen molar-refractivity contribution in [1.29, 1.82) is 0 Å². The molecule has 2 amide bonds. The number of rotatable bonds is 12. The normalized spacial score (nSPS) is 10.8. The van der Waals surface area contributed by atoms with Gasteiger partial charge >= 0.3 is 11.9 Å². The van der Waals surface area contributed by atoms with E-state index in [4.69, 9.17) is 0 Å². The summed E-state index contributed by atoms with van der Waals surface area (Å²) in [5.74, 6) is -2.76. The molecule has 4 aromatic heterocycles. The first-order valence-electron chi connectivity index (χ1n) is 14.7. The second-order valence-electron chi connectivity index (χ2n) is 10.6. The molecular weight excluding hydrogens is 632 g/mol. The lowest BCUT2D eigenvalue weighted by Gasteiger charge is -2.12. The number of aromatic nitrogens is 8. The minimum atomic E-state index is -1.21. The Balaban J connectivity index is 1.11. The number of carboxylic acid groups (broad SMARTS) is 2. The Bertz CT molecular complexity index is 1980. The van der Waals surface area contributed by atoms with Gasteiger partial charge in [-0.3, -0.25) is 18.7 Å². The van der Waals surface area contributed by atoms with Crippen molar-refractivity contribution >= 4 is 35.1 Å². The summed E-state index contributed by atoms with van der Waals surface area (Å²) in [5.41, 5.74) is 1.54. The van der Waals surface area contributed by atoms with Gasteiger partial charge in [-0.25, -0.2) is 19.6 Å². The van der Waals surface area contributed by atoms with E-state index in [1.165, 1.54) is 36.9 Å². The van der Waals surface area contributed by atoms with Crippen LogP contribution in [0.5, 0.6) is 0 Å². The fraction of sp³-hybridized carbons (Fsp3) is 0.0909. The predicted octanol–water partition coefficient (Wildman–Crippen LogP) is 3.71. The zero-order valence-corrected chi connectivity index (χ0v) is 25.5. The average Bonchev–Trinajstić information content (AvgIpc) is 3.84. The van der Waals surface area contributed by atoms with Crippen LogP contribution in [0.3, 0.4) is 0 Å². The number of hydrogen-bond donors (Lipinski definition) is 4. The van der Waals surface area contributed by atoms with Crippen molar-refractivity contribution < 1.29 is 29.4 Å². The van der Waals surface area contributed by atoms with Gasteiger partial charge in [-0.05, 0) is 78.9 Å². The van der Waals surface area contributed by atoms with Crippen molar-refractivity contribution in [2.45, 2.75) is 19.3 Å². The fourth-order valence-corrected chi connectivity index (χ4v) is 4.90. The van der Waals surface area contributed by atoms with Crippen LogP contribution in [-0.4, -0.2) is 73.5 Å². The molecule has 6 rings (SSSR count). The number of nitrogens with zero attached hydrogens (tertiary/aromatic N) is 8. The molecule has 0 bridgehead atoms. The topological polar surface area (TPSA) is 220 Å². The van der Waals surface area contributed by atoms with Gasteiger partial charge in [0.25, 0.3) is 11.8 Å². The number of amides is 2. The van der Waals surface area contributed by atoms with Crippen LogP contribution in [-0.2, 0) is 12.8 Å². The summed E-state index contributed by atoms with van der Waals surface area (Å²) in [6.45, 7) is 0. The standard InChI is InChI=1S/C33H26N10O6/c44-30(24-8-10-28(40-38-24)42-14-12-34-18-42)36-26-16-20(4-6-22(26)32(46)47)2-1-3-21-5-7-23(33(48)49)27(17-21)37-31(45)25-9-11-29(41-39-25)43-15-13-35-19-43/h4-19H,1-3H2,(H,36,44)(H,37,45)(H,46,47)(H,48,49). The second kappa shape index (κ2) is 14.1. The van der Waals surface area contributed by atoms with Crippen molar-refractivity contribution in [1.82, 2.24) is 39.5 Å². The van der Waals surface area contributed by atoms with Crippen molar-refractivity contribution in [2.24, 2.45) is 0 Å². The summed E-state index contributed by atoms with van der Waals surface area (Å²) >= 11 is 0. The lowest BCUT2D eigenvalue weighted by Crippen LogP contribution is -2.17. The average molecular weight is 659 g/mol. The molecule has 0 atom stereocenters. The van der Waals surface area contributed by atoms with E-state index >= 15 is 0 Å². The van der Waals surface area contributed by atoms with Crippen molar-refractivity contribution in [3.05, 3.63) is 132 Å². The number of nitrogens with one attached hydrogen (secondary N) is 2. The predicted molar refractivity (Wildman–Crippen MR) is 173 cm³/mol. The van der Waals surface area contributed by atoms with E-state index in [0.29, 0.717) is 30.9 Å². The Morgan fingerprint density at radius 2 is 1.04 bits per heavy atom. The third kappa shape index (κ3) is 7.49. The SMILES string of the molecule is O=C(Nc1cc(CCCc2ccc(C(=O)O)c(NC(=O)c3ccc(-n4ccnc4)nn3)c2)ccc1C(=O)O)c1ccc(-n2ccnc2)nn1. The number of carbonyl (C=O) groups excluding carboxylic acids is 2. The number of aryl methyl sites for hydroxylation is 2. The van der Waals surface area contributed by atoms with E-state index in [9.17, 15) is 29.4 Å². The monoisotopic (exact) mass is 658 g/mol. The highest BCUT2D eigenvalue weighted by atomic mass is 16.4. The number of benzene rings is 2. The molecule has 16 nitrogen and oxygen atoms in total. The zero-order valence-electron chi connectivity index (χ0n) is 25.5. The van der Waals surface area contributed by atoms with Gasteiger partial charge < -0.3 is 20.8 Å². The van der Waals surface area contributed by atoms with Gasteiger partial charge in [-0.2, -0.15) is 0 Å². The molecule has 4 N–H and O–H groups in total. The third-order valence-corrected chi connectivity index (χ3v) is 7.36. The second-order valence-corrected chi connectivity index (χ2v) is 10.6. The Hall–Kier alpha value is -7.10. The molecule has 0 saturated heterocycles. The fourth-order valence-electron chi connectivity index (χ4n) is 4.90. The number of imidazole rings is 2. The number of carbonyl (C=O) groups is 4. The maximum absolute atomic E-state index is 12.9. The molecule has 16 heteroatoms. The van der Waals surface area contributed by atoms with Crippen LogP contribution in [0.25, 0.3) is 11.6 Å². The molecule has 2 aromatic carbocycles. The number of hydrogen-bond acceptors (Lipinski definition) is 10. The lowest BCUT2D eigenvalue weighted by molar-refractivity contribution is 0.0687. The van der Waals surface area contributed by atoms with Crippen LogP contribution >= 0.6 is 0 Å². The van der Waals surface area contributed by atoms with Gasteiger partial charge in [-0.15, -0.1) is 20.4 Å². The molecule has 4 heterocycles. The number of carboxylic acids is 2. The van der Waals surface area contributed by atoms with Crippen LogP contribution in [0.4, 0.5) is 11.4 Å². The highest BCUT2D eigenvalue weighted by Crippen LogP contribution is 2.23. The summed E-state index contributed by atoms with van der Waals surface area (Å²) in [7, 11) is 0. The summed E-state index contributed by atoms with van der Waals surface area (Å²) in [6, 6.07) is 15.5. The molecular formula is C33H26N10O6. The van der Waals surface area contributed by atoms with Crippen LogP contribution < -0.4 is 10.6 Å². The Morgan fingerprint density at radius 3 is 1.39 bits per heavy atom. The lowest BCUT2D eigenvalue weighted by atomic mass is 10.00. The van der Waals surface area contributed by atoms with Crippen molar-refractivity contribution in [3.8, 4) is 11.6 Å². The van der Waals surface area contributed by atoms with Crippen LogP contribution in [0.1, 0.15) is 59.2 Å². The zero-order chi connectivity index (χ0) is 34.3. The van der Waals surface area contributed by atoms with Crippen LogP contribution in [0.2, 0.25) is 0 Å². The number of aromatic carboxylic acids is 2. The maximum atomic E-state index is 12.9. The molecule has 0 aliphatic carbocycles. The van der Waals surface area contributed by atoms with E-state index in [1.54, 1.807) is 70.3 Å². The van der Waals surface area contributed by atoms with Gasteiger partial charge in [0.05, 0.1) is 22.5 Å². The van der Waals surface area contributed by atoms with E-state index in [1.807, 2.05) is 0 Å². The Kier molecular flexibility index (Phi) is 9.18. The molecule has 0 aliphatic rings. The van der Waals surface area contributed by atoms with E-state index in [2.05, 4.69) is 41.0 Å². The quantitative estimate of drug-likeness (QED) is 0.148. The van der Waals surface area contributed by atoms with Crippen molar-refractivity contribution in [3.63, 3.8) is 0 Å². The van der Waals surface area contributed by atoms with E-state index in [-0.39, 0.29) is 33.9 Å². The first kappa shape index (κ1) is 31.9. The minimum Gasteiger partial charge on any atom is -0.478 e. The highest BCUT2D eigenvalue weighted by molar-refractivity contribution is 6.07. The molecule has 0 aliphatic heterocycles. The van der Waals surface area contributed by atoms with Gasteiger partial charge in [0, 0.05) is 24.8 Å². The maximum Gasteiger partial charge on any atom is 0.337 e. The van der Waals surface area contributed by atoms with Gasteiger partial charge in [0.2, 0.25) is 0 Å². The third-order valence-electron chi connectivity index (χ3n) is 7.36. The van der Waals surface area contributed by atoms with Crippen LogP contribution in [0.15, 0.2) is 98.1 Å². The van der Waals surface area contributed by atoms with Gasteiger partial charge in [0.15, 0.2) is 23.0 Å². The molecule has 0 saturated carbocycles. The van der Waals surface area contributed by atoms with Gasteiger partial charge in [-0.1, -0.05) is 12.1 Å². The molecule has 0 unspecified atom stereocenters. The van der Waals surface area contributed by atoms with Gasteiger partial charge in [0.1, 0.15) is 12.7 Å². The molecule has 244 valence electrons. The Labute approximate surface area is 277 Å². The first-order chi connectivity index (χ1) is 23.7. The molecule has 6 aromatic rings. The molecule has 0 radical (unpaired) electrons. The first-order valence-corrected chi connectivity index (χ1v) is 14.7.